The van der Waals surface area contributed by atoms with Crippen molar-refractivity contribution in [2.24, 2.45) is 0 Å². The van der Waals surface area contributed by atoms with Gasteiger partial charge in [0.05, 0.1) is 36.2 Å². The number of aryl methyl sites for hydroxylation is 2. The van der Waals surface area contributed by atoms with Crippen LogP contribution in [0.5, 0.6) is 5.75 Å². The first kappa shape index (κ1) is 30.9. The van der Waals surface area contributed by atoms with Crippen LogP contribution in [0.15, 0.2) is 45.9 Å². The number of methoxy groups -OCH3 is 1. The second-order valence-electron chi connectivity index (χ2n) is 10.9. The first-order chi connectivity index (χ1) is 21.0. The van der Waals surface area contributed by atoms with Gasteiger partial charge in [-0.05, 0) is 50.7 Å². The highest BCUT2D eigenvalue weighted by Gasteiger charge is 2.27. The molecule has 0 bridgehead atoms. The van der Waals surface area contributed by atoms with Crippen LogP contribution in [0.2, 0.25) is 0 Å². The van der Waals surface area contributed by atoms with Gasteiger partial charge in [-0.2, -0.15) is 5.10 Å². The molecule has 0 saturated carbocycles. The quantitative estimate of drug-likeness (QED) is 0.154. The number of hydrogen-bond acceptors (Lipinski definition) is 9. The number of aliphatic carboxylic acids is 1. The van der Waals surface area contributed by atoms with E-state index in [2.05, 4.69) is 4.98 Å². The van der Waals surface area contributed by atoms with E-state index in [0.29, 0.717) is 49.6 Å². The Morgan fingerprint density at radius 3 is 2.67 bits per heavy atom. The van der Waals surface area contributed by atoms with Crippen molar-refractivity contribution in [3.63, 3.8) is 0 Å². The van der Waals surface area contributed by atoms with Crippen LogP contribution in [0.25, 0.3) is 21.0 Å². The lowest BCUT2D eigenvalue weighted by molar-refractivity contribution is -0.137. The number of hydrogen-bond donors (Lipinski definition) is 1. The van der Waals surface area contributed by atoms with Gasteiger partial charge in [-0.15, -0.1) is 11.3 Å². The number of para-hydroxylation sites is 1. The van der Waals surface area contributed by atoms with E-state index in [1.54, 1.807) is 13.3 Å². The van der Waals surface area contributed by atoms with Crippen LogP contribution in [-0.4, -0.2) is 52.3 Å². The van der Waals surface area contributed by atoms with E-state index in [4.69, 9.17) is 28.8 Å². The minimum atomic E-state index is -0.763. The lowest BCUT2D eigenvalue weighted by atomic mass is 10.1. The first-order valence-electron chi connectivity index (χ1n) is 15.0. The van der Waals surface area contributed by atoms with Crippen molar-refractivity contribution in [1.82, 2.24) is 14.8 Å². The first-order valence-corrected chi connectivity index (χ1v) is 15.8. The molecule has 0 radical (unpaired) electrons. The number of carboxylic acids is 1. The van der Waals surface area contributed by atoms with Gasteiger partial charge in [0.15, 0.2) is 0 Å². The lowest BCUT2D eigenvalue weighted by Crippen LogP contribution is -2.28. The summed E-state index contributed by atoms with van der Waals surface area (Å²) in [5.41, 5.74) is 2.21. The molecular weight excluding hydrogens is 570 g/mol. The Morgan fingerprint density at radius 2 is 1.93 bits per heavy atom. The molecule has 4 aromatic rings. The molecule has 1 aliphatic heterocycles. The molecule has 230 valence electrons. The van der Waals surface area contributed by atoms with Crippen molar-refractivity contribution in [3.8, 4) is 16.5 Å². The highest BCUT2D eigenvalue weighted by Crippen LogP contribution is 2.38. The van der Waals surface area contributed by atoms with Gasteiger partial charge >= 0.3 is 5.97 Å². The largest absolute Gasteiger partial charge is 0.496 e. The molecule has 5 rings (SSSR count). The number of unbranched alkanes of at least 4 members (excludes halogenated alkanes) is 4. The van der Waals surface area contributed by atoms with Gasteiger partial charge in [0.25, 0.3) is 0 Å². The van der Waals surface area contributed by atoms with Gasteiger partial charge in [0, 0.05) is 25.2 Å². The fraction of sp³-hybridized carbons (Fsp3) is 0.500. The van der Waals surface area contributed by atoms with Crippen LogP contribution in [0.4, 0.5) is 0 Å². The Morgan fingerprint density at radius 1 is 1.16 bits per heavy atom. The molecule has 43 heavy (non-hydrogen) atoms. The van der Waals surface area contributed by atoms with E-state index >= 15 is 0 Å². The maximum Gasteiger partial charge on any atom is 0.303 e. The highest BCUT2D eigenvalue weighted by molar-refractivity contribution is 7.22. The summed E-state index contributed by atoms with van der Waals surface area (Å²) in [4.78, 5) is 30.6. The third kappa shape index (κ3) is 7.52. The Hall–Kier alpha value is -3.54. The van der Waals surface area contributed by atoms with E-state index in [1.807, 2.05) is 35.9 Å². The van der Waals surface area contributed by atoms with Crippen LogP contribution in [0.1, 0.15) is 74.3 Å². The van der Waals surface area contributed by atoms with E-state index in [1.165, 1.54) is 17.6 Å². The second-order valence-corrected chi connectivity index (χ2v) is 11.9. The molecule has 1 fully saturated rings. The zero-order chi connectivity index (χ0) is 30.2. The summed E-state index contributed by atoms with van der Waals surface area (Å²) >= 11 is 1.45. The van der Waals surface area contributed by atoms with Crippen LogP contribution in [0.3, 0.4) is 0 Å². The van der Waals surface area contributed by atoms with Gasteiger partial charge in [0.1, 0.15) is 28.6 Å². The number of aromatic nitrogens is 3. The number of carboxylic acid groups (broad SMARTS) is 1. The van der Waals surface area contributed by atoms with Gasteiger partial charge in [-0.3, -0.25) is 14.3 Å². The predicted octanol–water partition coefficient (Wildman–Crippen LogP) is 6.33. The molecule has 1 saturated heterocycles. The SMILES string of the molecule is COc1ccccc1C(Cn1nc(CCCCCCCC(=O)O)c(=O)c2c(C)c(-c3ncco3)sc21)OC1CCOCC1. The average molecular weight is 610 g/mol. The second kappa shape index (κ2) is 14.8. The van der Waals surface area contributed by atoms with Crippen molar-refractivity contribution < 1.29 is 28.5 Å². The van der Waals surface area contributed by atoms with Crippen LogP contribution < -0.4 is 10.2 Å². The third-order valence-electron chi connectivity index (χ3n) is 7.87. The number of rotatable bonds is 15. The minimum Gasteiger partial charge on any atom is -0.496 e. The Labute approximate surface area is 254 Å². The van der Waals surface area contributed by atoms with Crippen molar-refractivity contribution in [2.75, 3.05) is 20.3 Å². The van der Waals surface area contributed by atoms with E-state index in [0.717, 1.165) is 65.1 Å². The molecule has 1 aromatic carbocycles. The van der Waals surface area contributed by atoms with Crippen molar-refractivity contribution in [2.45, 2.75) is 83.5 Å². The standard InChI is InChI=1S/C32H39N3O7S/c1-21-28-29(38)24(11-6-4-3-5-7-13-27(36)37)34-35(32(28)43-30(21)31-33-16-19-41-31)20-26(42-22-14-17-40-18-15-22)23-10-8-9-12-25(23)39-2/h8-10,12,16,19,22,26H,3-7,11,13-15,17-18,20H2,1-2H3,(H,36,37). The molecule has 1 unspecified atom stereocenters. The van der Waals surface area contributed by atoms with Crippen molar-refractivity contribution in [3.05, 3.63) is 63.8 Å². The third-order valence-corrected chi connectivity index (χ3v) is 9.17. The summed E-state index contributed by atoms with van der Waals surface area (Å²) < 4.78 is 25.6. The molecular formula is C32H39N3O7S. The fourth-order valence-electron chi connectivity index (χ4n) is 5.60. The van der Waals surface area contributed by atoms with Crippen molar-refractivity contribution in [1.29, 1.82) is 0 Å². The summed E-state index contributed by atoms with van der Waals surface area (Å²) in [5.74, 6) is 0.454. The Kier molecular flexibility index (Phi) is 10.6. The molecule has 11 heteroatoms. The summed E-state index contributed by atoms with van der Waals surface area (Å²) in [5, 5.41) is 14.5. The Balaban J connectivity index is 1.49. The van der Waals surface area contributed by atoms with Crippen molar-refractivity contribution >= 4 is 27.5 Å². The van der Waals surface area contributed by atoms with Gasteiger partial charge < -0.3 is 23.7 Å². The molecule has 1 atom stereocenters. The molecule has 0 spiro atoms. The minimum absolute atomic E-state index is 0.0343. The number of thiophene rings is 1. The maximum atomic E-state index is 13.8. The number of nitrogens with zero attached hydrogens (tertiary/aromatic N) is 3. The highest BCUT2D eigenvalue weighted by atomic mass is 32.1. The molecule has 3 aromatic heterocycles. The van der Waals surface area contributed by atoms with Gasteiger partial charge in [-0.1, -0.05) is 37.5 Å². The zero-order valence-corrected chi connectivity index (χ0v) is 25.6. The van der Waals surface area contributed by atoms with E-state index < -0.39 is 5.97 Å². The predicted molar refractivity (Wildman–Crippen MR) is 164 cm³/mol. The number of benzene rings is 1. The molecule has 1 N–H and O–H groups in total. The van der Waals surface area contributed by atoms with Gasteiger partial charge in [-0.25, -0.2) is 4.98 Å². The van der Waals surface area contributed by atoms with Gasteiger partial charge in [0.2, 0.25) is 11.3 Å². The van der Waals surface area contributed by atoms with Crippen LogP contribution >= 0.6 is 11.3 Å². The number of fused-ring (bicyclic) bond motifs is 1. The summed E-state index contributed by atoms with van der Waals surface area (Å²) in [6, 6.07) is 7.87. The monoisotopic (exact) mass is 609 g/mol. The Bertz CT molecular complexity index is 1560. The zero-order valence-electron chi connectivity index (χ0n) is 24.8. The summed E-state index contributed by atoms with van der Waals surface area (Å²) in [7, 11) is 1.66. The van der Waals surface area contributed by atoms with E-state index in [9.17, 15) is 9.59 Å². The summed E-state index contributed by atoms with van der Waals surface area (Å²) in [6.45, 7) is 3.65. The number of oxazole rings is 1. The normalized spacial score (nSPS) is 14.7. The maximum absolute atomic E-state index is 13.8. The molecule has 4 heterocycles. The molecule has 0 amide bonds. The molecule has 10 nitrogen and oxygen atoms in total. The number of ether oxygens (including phenoxy) is 3. The number of carbonyl (C=O) groups is 1. The lowest BCUT2D eigenvalue weighted by Gasteiger charge is -2.29. The molecule has 0 aliphatic carbocycles. The smallest absolute Gasteiger partial charge is 0.303 e. The van der Waals surface area contributed by atoms with Crippen LogP contribution in [0, 0.1) is 6.92 Å². The molecule has 1 aliphatic rings. The summed E-state index contributed by atoms with van der Waals surface area (Å²) in [6.07, 6.45) is 9.29. The topological polar surface area (TPSA) is 126 Å². The average Bonchev–Trinajstić information content (AvgIpc) is 3.67. The fourth-order valence-corrected chi connectivity index (χ4v) is 6.81. The van der Waals surface area contributed by atoms with Crippen LogP contribution in [-0.2, 0) is 27.2 Å². The van der Waals surface area contributed by atoms with E-state index in [-0.39, 0.29) is 24.1 Å².